The summed E-state index contributed by atoms with van der Waals surface area (Å²) in [5.74, 6) is -1.09. The van der Waals surface area contributed by atoms with Crippen LogP contribution in [0.1, 0.15) is 23.7 Å². The van der Waals surface area contributed by atoms with Gasteiger partial charge in [0.05, 0.1) is 18.0 Å². The summed E-state index contributed by atoms with van der Waals surface area (Å²) < 4.78 is 4.72. The molecule has 0 spiro atoms. The molecule has 0 radical (unpaired) electrons. The Balaban J connectivity index is 2.89. The molecule has 0 N–H and O–H groups in total. The van der Waals surface area contributed by atoms with Crippen molar-refractivity contribution in [3.05, 3.63) is 39.9 Å². The van der Waals surface area contributed by atoms with Gasteiger partial charge in [0, 0.05) is 30.8 Å². The maximum absolute atomic E-state index is 12.7. The Kier molecular flexibility index (Phi) is 8.00. The van der Waals surface area contributed by atoms with Crippen LogP contribution in [0.2, 0.25) is 0 Å². The Labute approximate surface area is 147 Å². The Bertz CT molecular complexity index is 601. The van der Waals surface area contributed by atoms with Crippen molar-refractivity contribution in [1.29, 1.82) is 0 Å². The van der Waals surface area contributed by atoms with Crippen LogP contribution in [0.25, 0.3) is 0 Å². The third-order valence-electron chi connectivity index (χ3n) is 3.74. The van der Waals surface area contributed by atoms with Gasteiger partial charge in [0.15, 0.2) is 0 Å². The van der Waals surface area contributed by atoms with E-state index in [1.54, 1.807) is 11.8 Å². The SMILES string of the molecule is COC(=O)C(C)CN(CCCN(C)C)C(=O)c1ccc([N+](=O)[O-])cc1. The third-order valence-corrected chi connectivity index (χ3v) is 3.74. The maximum Gasteiger partial charge on any atom is 0.310 e. The van der Waals surface area contributed by atoms with Crippen molar-refractivity contribution in [3.8, 4) is 0 Å². The minimum Gasteiger partial charge on any atom is -0.469 e. The molecule has 138 valence electrons. The van der Waals surface area contributed by atoms with E-state index in [9.17, 15) is 19.7 Å². The van der Waals surface area contributed by atoms with Crippen molar-refractivity contribution < 1.29 is 19.2 Å². The summed E-state index contributed by atoms with van der Waals surface area (Å²) in [7, 11) is 5.20. The molecule has 0 aliphatic rings. The average molecular weight is 351 g/mol. The zero-order chi connectivity index (χ0) is 19.0. The number of rotatable bonds is 9. The Morgan fingerprint density at radius 2 is 1.80 bits per heavy atom. The molecular weight excluding hydrogens is 326 g/mol. The number of nitrogens with zero attached hydrogens (tertiary/aromatic N) is 3. The van der Waals surface area contributed by atoms with Crippen molar-refractivity contribution in [3.63, 3.8) is 0 Å². The number of hydrogen-bond donors (Lipinski definition) is 0. The average Bonchev–Trinajstić information content (AvgIpc) is 2.59. The number of non-ortho nitro benzene ring substituents is 1. The lowest BCUT2D eigenvalue weighted by molar-refractivity contribution is -0.384. The lowest BCUT2D eigenvalue weighted by atomic mass is 10.1. The number of amides is 1. The first-order chi connectivity index (χ1) is 11.8. The van der Waals surface area contributed by atoms with Crippen molar-refractivity contribution in [2.24, 2.45) is 5.92 Å². The quantitative estimate of drug-likeness (QED) is 0.383. The van der Waals surface area contributed by atoms with Gasteiger partial charge in [-0.15, -0.1) is 0 Å². The summed E-state index contributed by atoms with van der Waals surface area (Å²) in [5, 5.41) is 10.7. The first-order valence-corrected chi connectivity index (χ1v) is 8.02. The predicted octanol–water partition coefficient (Wildman–Crippen LogP) is 1.80. The number of carbonyl (C=O) groups is 2. The number of methoxy groups -OCH3 is 1. The molecule has 0 bridgehead atoms. The highest BCUT2D eigenvalue weighted by Crippen LogP contribution is 2.15. The second-order valence-corrected chi connectivity index (χ2v) is 6.14. The van der Waals surface area contributed by atoms with E-state index in [1.165, 1.54) is 31.4 Å². The van der Waals surface area contributed by atoms with Crippen LogP contribution in [-0.2, 0) is 9.53 Å². The van der Waals surface area contributed by atoms with Gasteiger partial charge in [-0.3, -0.25) is 19.7 Å². The molecule has 0 heterocycles. The standard InChI is InChI=1S/C17H25N3O5/c1-13(17(22)25-4)12-19(11-5-10-18(2)3)16(21)14-6-8-15(9-7-14)20(23)24/h6-9,13H,5,10-12H2,1-4H3. The van der Waals surface area contributed by atoms with Gasteiger partial charge in [-0.1, -0.05) is 6.92 Å². The summed E-state index contributed by atoms with van der Waals surface area (Å²) in [4.78, 5) is 38.2. The van der Waals surface area contributed by atoms with Crippen molar-refractivity contribution in [1.82, 2.24) is 9.80 Å². The third kappa shape index (κ3) is 6.50. The minimum atomic E-state index is -0.511. The molecule has 25 heavy (non-hydrogen) atoms. The number of ether oxygens (including phenoxy) is 1. The first kappa shape index (κ1) is 20.6. The van der Waals surface area contributed by atoms with Crippen LogP contribution in [0.4, 0.5) is 5.69 Å². The fourth-order valence-corrected chi connectivity index (χ4v) is 2.37. The highest BCUT2D eigenvalue weighted by atomic mass is 16.6. The molecule has 8 nitrogen and oxygen atoms in total. The molecule has 0 aromatic heterocycles. The lowest BCUT2D eigenvalue weighted by Gasteiger charge is -2.26. The van der Waals surface area contributed by atoms with E-state index in [1.807, 2.05) is 19.0 Å². The molecule has 1 unspecified atom stereocenters. The van der Waals surface area contributed by atoms with Gasteiger partial charge in [-0.05, 0) is 39.2 Å². The van der Waals surface area contributed by atoms with E-state index in [0.29, 0.717) is 12.1 Å². The molecule has 0 aliphatic heterocycles. The number of nitro groups is 1. The molecule has 0 saturated carbocycles. The summed E-state index contributed by atoms with van der Waals surface area (Å²) in [6, 6.07) is 5.47. The van der Waals surface area contributed by atoms with E-state index in [0.717, 1.165) is 13.0 Å². The first-order valence-electron chi connectivity index (χ1n) is 8.02. The summed E-state index contributed by atoms with van der Waals surface area (Å²) in [6.45, 7) is 3.22. The van der Waals surface area contributed by atoms with Crippen LogP contribution in [0.5, 0.6) is 0 Å². The molecule has 1 atom stereocenters. The summed E-state index contributed by atoms with van der Waals surface area (Å²) in [5.41, 5.74) is 0.283. The normalized spacial score (nSPS) is 11.9. The van der Waals surface area contributed by atoms with E-state index in [2.05, 4.69) is 0 Å². The number of benzene rings is 1. The van der Waals surface area contributed by atoms with Crippen molar-refractivity contribution in [2.45, 2.75) is 13.3 Å². The minimum absolute atomic E-state index is 0.0707. The molecule has 1 amide bonds. The van der Waals surface area contributed by atoms with Crippen LogP contribution in [0.15, 0.2) is 24.3 Å². The number of esters is 1. The molecule has 0 saturated heterocycles. The van der Waals surface area contributed by atoms with E-state index in [-0.39, 0.29) is 24.1 Å². The van der Waals surface area contributed by atoms with Gasteiger partial charge in [-0.25, -0.2) is 0 Å². The smallest absolute Gasteiger partial charge is 0.310 e. The second kappa shape index (κ2) is 9.73. The zero-order valence-electron chi connectivity index (χ0n) is 15.1. The monoisotopic (exact) mass is 351 g/mol. The van der Waals surface area contributed by atoms with Gasteiger partial charge in [-0.2, -0.15) is 0 Å². The summed E-state index contributed by atoms with van der Waals surface area (Å²) >= 11 is 0. The fourth-order valence-electron chi connectivity index (χ4n) is 2.37. The molecule has 1 aromatic carbocycles. The fraction of sp³-hybridized carbons (Fsp3) is 0.529. The van der Waals surface area contributed by atoms with Gasteiger partial charge in [0.1, 0.15) is 0 Å². The Hall–Kier alpha value is -2.48. The predicted molar refractivity (Wildman–Crippen MR) is 93.4 cm³/mol. The Morgan fingerprint density at radius 3 is 2.28 bits per heavy atom. The topological polar surface area (TPSA) is 93.0 Å². The van der Waals surface area contributed by atoms with Crippen LogP contribution >= 0.6 is 0 Å². The van der Waals surface area contributed by atoms with Gasteiger partial charge in [0.25, 0.3) is 11.6 Å². The van der Waals surface area contributed by atoms with Crippen LogP contribution in [-0.4, -0.2) is 67.4 Å². The lowest BCUT2D eigenvalue weighted by Crippen LogP contribution is -2.38. The number of hydrogen-bond acceptors (Lipinski definition) is 6. The zero-order valence-corrected chi connectivity index (χ0v) is 15.1. The second-order valence-electron chi connectivity index (χ2n) is 6.14. The van der Waals surface area contributed by atoms with Crippen LogP contribution < -0.4 is 0 Å². The maximum atomic E-state index is 12.7. The number of carbonyl (C=O) groups excluding carboxylic acids is 2. The molecular formula is C17H25N3O5. The molecule has 1 rings (SSSR count). The van der Waals surface area contributed by atoms with Crippen molar-refractivity contribution >= 4 is 17.6 Å². The van der Waals surface area contributed by atoms with E-state index < -0.39 is 10.8 Å². The van der Waals surface area contributed by atoms with Crippen LogP contribution in [0, 0.1) is 16.0 Å². The summed E-state index contributed by atoms with van der Waals surface area (Å²) in [6.07, 6.45) is 0.750. The molecule has 0 aliphatic carbocycles. The largest absolute Gasteiger partial charge is 0.469 e. The van der Waals surface area contributed by atoms with Crippen LogP contribution in [0.3, 0.4) is 0 Å². The van der Waals surface area contributed by atoms with Gasteiger partial charge >= 0.3 is 5.97 Å². The number of nitro benzene ring substituents is 1. The van der Waals surface area contributed by atoms with E-state index in [4.69, 9.17) is 4.74 Å². The Morgan fingerprint density at radius 1 is 1.20 bits per heavy atom. The highest BCUT2D eigenvalue weighted by Gasteiger charge is 2.22. The molecule has 1 aromatic rings. The highest BCUT2D eigenvalue weighted by molar-refractivity contribution is 5.94. The molecule has 8 heteroatoms. The molecule has 0 fully saturated rings. The van der Waals surface area contributed by atoms with Crippen molar-refractivity contribution in [2.75, 3.05) is 40.8 Å². The van der Waals surface area contributed by atoms with Gasteiger partial charge < -0.3 is 14.5 Å². The van der Waals surface area contributed by atoms with Gasteiger partial charge in [0.2, 0.25) is 0 Å². The van der Waals surface area contributed by atoms with E-state index >= 15 is 0 Å².